The van der Waals surface area contributed by atoms with E-state index in [2.05, 4.69) is 12.1 Å². The van der Waals surface area contributed by atoms with Gasteiger partial charge in [-0.05, 0) is 30.7 Å². The molecule has 0 saturated heterocycles. The van der Waals surface area contributed by atoms with Crippen LogP contribution in [-0.4, -0.2) is 16.8 Å². The van der Waals surface area contributed by atoms with Crippen LogP contribution in [-0.2, 0) is 4.79 Å². The highest BCUT2D eigenvalue weighted by molar-refractivity contribution is 7.99. The first-order chi connectivity index (χ1) is 7.29. The van der Waals surface area contributed by atoms with Crippen LogP contribution in [0.5, 0.6) is 0 Å². The smallest absolute Gasteiger partial charge is 0.303 e. The van der Waals surface area contributed by atoms with Crippen molar-refractivity contribution in [3.8, 4) is 0 Å². The molecule has 1 aromatic carbocycles. The highest BCUT2D eigenvalue weighted by Gasteiger charge is 1.97. The molecule has 0 bridgehead atoms. The van der Waals surface area contributed by atoms with Crippen LogP contribution in [0.2, 0.25) is 0 Å². The van der Waals surface area contributed by atoms with Gasteiger partial charge >= 0.3 is 5.97 Å². The number of aliphatic carboxylic acids is 1. The maximum Gasteiger partial charge on any atom is 0.303 e. The van der Waals surface area contributed by atoms with Gasteiger partial charge < -0.3 is 5.11 Å². The van der Waals surface area contributed by atoms with Gasteiger partial charge in [0, 0.05) is 11.3 Å². The molecule has 1 N–H and O–H groups in total. The average Bonchev–Trinajstić information content (AvgIpc) is 2.24. The maximum atomic E-state index is 10.2. The third kappa shape index (κ3) is 6.18. The Kier molecular flexibility index (Phi) is 5.93. The largest absolute Gasteiger partial charge is 0.481 e. The Morgan fingerprint density at radius 2 is 1.87 bits per heavy atom. The summed E-state index contributed by atoms with van der Waals surface area (Å²) >= 11 is 1.83. The monoisotopic (exact) mass is 224 g/mol. The molecule has 3 heteroatoms. The first-order valence-corrected chi connectivity index (χ1v) is 6.17. The van der Waals surface area contributed by atoms with Crippen LogP contribution in [0.1, 0.15) is 25.7 Å². The van der Waals surface area contributed by atoms with Crippen molar-refractivity contribution in [1.29, 1.82) is 0 Å². The summed E-state index contributed by atoms with van der Waals surface area (Å²) < 4.78 is 0. The Morgan fingerprint density at radius 3 is 2.53 bits per heavy atom. The zero-order chi connectivity index (χ0) is 10.9. The Balaban J connectivity index is 2.00. The van der Waals surface area contributed by atoms with Crippen molar-refractivity contribution in [2.75, 3.05) is 5.75 Å². The lowest BCUT2D eigenvalue weighted by molar-refractivity contribution is -0.137. The van der Waals surface area contributed by atoms with Crippen LogP contribution in [0.3, 0.4) is 0 Å². The Bertz CT molecular complexity index is 285. The lowest BCUT2D eigenvalue weighted by Crippen LogP contribution is -1.93. The quantitative estimate of drug-likeness (QED) is 0.569. The van der Waals surface area contributed by atoms with Gasteiger partial charge in [-0.25, -0.2) is 0 Å². The molecule has 1 aromatic rings. The standard InChI is InChI=1S/C12H16O2S/c13-12(14)9-5-2-6-10-15-11-7-3-1-4-8-11/h1,3-4,7-8H,2,5-6,9-10H2,(H,13,14). The van der Waals surface area contributed by atoms with Gasteiger partial charge in [-0.1, -0.05) is 24.6 Å². The third-order valence-corrected chi connectivity index (χ3v) is 3.15. The number of carbonyl (C=O) groups is 1. The molecule has 82 valence electrons. The summed E-state index contributed by atoms with van der Waals surface area (Å²) in [4.78, 5) is 11.5. The van der Waals surface area contributed by atoms with Crippen molar-refractivity contribution in [3.05, 3.63) is 30.3 Å². The second-order valence-corrected chi connectivity index (χ2v) is 4.53. The lowest BCUT2D eigenvalue weighted by atomic mass is 10.2. The van der Waals surface area contributed by atoms with Crippen LogP contribution >= 0.6 is 11.8 Å². The van der Waals surface area contributed by atoms with E-state index in [0.29, 0.717) is 6.42 Å². The van der Waals surface area contributed by atoms with Gasteiger partial charge in [-0.3, -0.25) is 4.79 Å². The van der Waals surface area contributed by atoms with Crippen molar-refractivity contribution < 1.29 is 9.90 Å². The van der Waals surface area contributed by atoms with E-state index in [0.717, 1.165) is 25.0 Å². The fourth-order valence-corrected chi connectivity index (χ4v) is 2.20. The number of hydrogen-bond donors (Lipinski definition) is 1. The van der Waals surface area contributed by atoms with Crippen molar-refractivity contribution in [2.45, 2.75) is 30.6 Å². The average molecular weight is 224 g/mol. The van der Waals surface area contributed by atoms with Gasteiger partial charge in [-0.2, -0.15) is 0 Å². The Morgan fingerprint density at radius 1 is 1.13 bits per heavy atom. The molecule has 0 atom stereocenters. The molecule has 15 heavy (non-hydrogen) atoms. The van der Waals surface area contributed by atoms with E-state index in [-0.39, 0.29) is 0 Å². The van der Waals surface area contributed by atoms with Crippen LogP contribution in [0.4, 0.5) is 0 Å². The summed E-state index contributed by atoms with van der Waals surface area (Å²) in [7, 11) is 0. The minimum Gasteiger partial charge on any atom is -0.481 e. The molecule has 0 aliphatic carbocycles. The van der Waals surface area contributed by atoms with Gasteiger partial charge in [-0.15, -0.1) is 11.8 Å². The topological polar surface area (TPSA) is 37.3 Å². The van der Waals surface area contributed by atoms with Crippen LogP contribution in [0.25, 0.3) is 0 Å². The fraction of sp³-hybridized carbons (Fsp3) is 0.417. The predicted octanol–water partition coefficient (Wildman–Crippen LogP) is 3.42. The minimum absolute atomic E-state index is 0.302. The lowest BCUT2D eigenvalue weighted by Gasteiger charge is -2.00. The first-order valence-electron chi connectivity index (χ1n) is 5.18. The Hall–Kier alpha value is -0.960. The molecular weight excluding hydrogens is 208 g/mol. The second kappa shape index (κ2) is 7.35. The van der Waals surface area contributed by atoms with Gasteiger partial charge in [0.2, 0.25) is 0 Å². The number of carboxylic acid groups (broad SMARTS) is 1. The molecule has 0 aliphatic heterocycles. The molecular formula is C12H16O2S. The molecule has 0 fully saturated rings. The number of thioether (sulfide) groups is 1. The van der Waals surface area contributed by atoms with Crippen LogP contribution < -0.4 is 0 Å². The molecule has 0 spiro atoms. The summed E-state index contributed by atoms with van der Waals surface area (Å²) in [5, 5.41) is 8.44. The number of unbranched alkanes of at least 4 members (excludes halogenated alkanes) is 2. The number of hydrogen-bond acceptors (Lipinski definition) is 2. The highest BCUT2D eigenvalue weighted by atomic mass is 32.2. The van der Waals surface area contributed by atoms with Crippen molar-refractivity contribution >= 4 is 17.7 Å². The van der Waals surface area contributed by atoms with E-state index in [1.807, 2.05) is 30.0 Å². The molecule has 2 nitrogen and oxygen atoms in total. The Labute approximate surface area is 94.7 Å². The van der Waals surface area contributed by atoms with E-state index < -0.39 is 5.97 Å². The van der Waals surface area contributed by atoms with Gasteiger partial charge in [0.15, 0.2) is 0 Å². The number of rotatable bonds is 7. The maximum absolute atomic E-state index is 10.2. The van der Waals surface area contributed by atoms with Crippen molar-refractivity contribution in [1.82, 2.24) is 0 Å². The molecule has 0 unspecified atom stereocenters. The van der Waals surface area contributed by atoms with Crippen molar-refractivity contribution in [3.63, 3.8) is 0 Å². The molecule has 0 aromatic heterocycles. The normalized spacial score (nSPS) is 10.1. The zero-order valence-corrected chi connectivity index (χ0v) is 9.50. The van der Waals surface area contributed by atoms with E-state index >= 15 is 0 Å². The molecule has 1 rings (SSSR count). The first kappa shape index (κ1) is 12.1. The molecule has 0 amide bonds. The SMILES string of the molecule is O=C(O)CCCCCSc1ccccc1. The number of benzene rings is 1. The predicted molar refractivity (Wildman–Crippen MR) is 63.3 cm³/mol. The van der Waals surface area contributed by atoms with Crippen LogP contribution in [0.15, 0.2) is 35.2 Å². The summed E-state index contributed by atoms with van der Waals surface area (Å²) in [5.41, 5.74) is 0. The summed E-state index contributed by atoms with van der Waals surface area (Å²) in [5.74, 6) is 0.384. The molecule has 0 saturated carbocycles. The highest BCUT2D eigenvalue weighted by Crippen LogP contribution is 2.18. The van der Waals surface area contributed by atoms with Gasteiger partial charge in [0.1, 0.15) is 0 Å². The van der Waals surface area contributed by atoms with Gasteiger partial charge in [0.25, 0.3) is 0 Å². The van der Waals surface area contributed by atoms with Crippen molar-refractivity contribution in [2.24, 2.45) is 0 Å². The zero-order valence-electron chi connectivity index (χ0n) is 8.69. The summed E-state index contributed by atoms with van der Waals surface area (Å²) in [6, 6.07) is 10.3. The second-order valence-electron chi connectivity index (χ2n) is 3.37. The van der Waals surface area contributed by atoms with E-state index in [4.69, 9.17) is 5.11 Å². The fourth-order valence-electron chi connectivity index (χ4n) is 1.26. The summed E-state index contributed by atoms with van der Waals surface area (Å²) in [6.45, 7) is 0. The van der Waals surface area contributed by atoms with Gasteiger partial charge in [0.05, 0.1) is 0 Å². The molecule has 0 heterocycles. The molecule has 0 aliphatic rings. The van der Waals surface area contributed by atoms with E-state index in [9.17, 15) is 4.79 Å². The summed E-state index contributed by atoms with van der Waals surface area (Å²) in [6.07, 6.45) is 3.19. The molecule has 0 radical (unpaired) electrons. The minimum atomic E-state index is -0.689. The van der Waals surface area contributed by atoms with E-state index in [1.165, 1.54) is 4.90 Å². The van der Waals surface area contributed by atoms with Crippen LogP contribution in [0, 0.1) is 0 Å². The van der Waals surface area contributed by atoms with E-state index in [1.54, 1.807) is 0 Å². The third-order valence-electron chi connectivity index (χ3n) is 2.05. The number of carboxylic acids is 1.